The molecular weight excluding hydrogens is 200 g/mol. The summed E-state index contributed by atoms with van der Waals surface area (Å²) in [5, 5.41) is 10.6. The van der Waals surface area contributed by atoms with Crippen LogP contribution in [-0.4, -0.2) is 17.7 Å². The predicted octanol–water partition coefficient (Wildman–Crippen LogP) is 2.54. The van der Waals surface area contributed by atoms with Crippen molar-refractivity contribution in [1.82, 2.24) is 0 Å². The number of allylic oxidation sites excluding steroid dienone is 1. The minimum Gasteiger partial charge on any atom is -0.477 e. The summed E-state index contributed by atoms with van der Waals surface area (Å²) in [6, 6.07) is 1.78. The number of thiophene rings is 1. The van der Waals surface area contributed by atoms with Crippen LogP contribution >= 0.6 is 11.3 Å². The summed E-state index contributed by atoms with van der Waals surface area (Å²) in [6.07, 6.45) is 3.78. The molecule has 0 unspecified atom stereocenters. The number of hydrogen-bond donors (Lipinski definition) is 1. The molecule has 0 amide bonds. The monoisotopic (exact) mass is 212 g/mol. The molecule has 1 heterocycles. The molecular formula is C10H12O3S. The second-order valence-electron chi connectivity index (χ2n) is 2.66. The summed E-state index contributed by atoms with van der Waals surface area (Å²) in [5.41, 5.74) is 0.743. The Morgan fingerprint density at radius 3 is 3.14 bits per heavy atom. The number of carbonyl (C=O) groups is 1. The lowest BCUT2D eigenvalue weighted by Crippen LogP contribution is -1.99. The van der Waals surface area contributed by atoms with E-state index in [1.807, 2.05) is 19.1 Å². The first kappa shape index (κ1) is 10.9. The molecule has 14 heavy (non-hydrogen) atoms. The molecule has 0 atom stereocenters. The van der Waals surface area contributed by atoms with Crippen LogP contribution in [0.3, 0.4) is 0 Å². The Morgan fingerprint density at radius 2 is 2.50 bits per heavy atom. The second-order valence-corrected chi connectivity index (χ2v) is 3.58. The second kappa shape index (κ2) is 5.57. The van der Waals surface area contributed by atoms with Gasteiger partial charge in [0.05, 0.1) is 13.2 Å². The van der Waals surface area contributed by atoms with Crippen LogP contribution in [0.4, 0.5) is 0 Å². The molecule has 0 radical (unpaired) electrons. The highest BCUT2D eigenvalue weighted by atomic mass is 32.1. The van der Waals surface area contributed by atoms with Crippen molar-refractivity contribution in [3.05, 3.63) is 34.0 Å². The molecule has 0 aliphatic rings. The van der Waals surface area contributed by atoms with E-state index < -0.39 is 5.97 Å². The molecule has 1 N–H and O–H groups in total. The number of aromatic carboxylic acids is 1. The molecule has 0 bridgehead atoms. The molecule has 0 aliphatic carbocycles. The van der Waals surface area contributed by atoms with Crippen molar-refractivity contribution in [3.8, 4) is 0 Å². The zero-order chi connectivity index (χ0) is 10.4. The van der Waals surface area contributed by atoms with Crippen molar-refractivity contribution in [2.45, 2.75) is 13.5 Å². The molecule has 0 aromatic carbocycles. The van der Waals surface area contributed by atoms with Crippen LogP contribution in [0.25, 0.3) is 0 Å². The number of carboxylic acid groups (broad SMARTS) is 1. The Labute approximate surface area is 86.6 Å². The highest BCUT2D eigenvalue weighted by Crippen LogP contribution is 2.17. The van der Waals surface area contributed by atoms with Gasteiger partial charge in [-0.15, -0.1) is 11.3 Å². The van der Waals surface area contributed by atoms with E-state index in [9.17, 15) is 4.79 Å². The van der Waals surface area contributed by atoms with Crippen LogP contribution < -0.4 is 0 Å². The molecule has 1 rings (SSSR count). The van der Waals surface area contributed by atoms with Gasteiger partial charge in [-0.1, -0.05) is 12.2 Å². The van der Waals surface area contributed by atoms with Gasteiger partial charge in [0, 0.05) is 5.56 Å². The summed E-state index contributed by atoms with van der Waals surface area (Å²) in [5.74, 6) is -0.885. The summed E-state index contributed by atoms with van der Waals surface area (Å²) >= 11 is 1.22. The molecule has 0 saturated heterocycles. The molecule has 1 aromatic heterocycles. The molecule has 0 fully saturated rings. The van der Waals surface area contributed by atoms with Crippen molar-refractivity contribution in [2.24, 2.45) is 0 Å². The minimum atomic E-state index is -0.885. The normalized spacial score (nSPS) is 10.9. The lowest BCUT2D eigenvalue weighted by molar-refractivity contribution is 0.0696. The smallest absolute Gasteiger partial charge is 0.346 e. The van der Waals surface area contributed by atoms with Gasteiger partial charge in [-0.05, 0) is 18.4 Å². The van der Waals surface area contributed by atoms with Crippen molar-refractivity contribution >= 4 is 17.3 Å². The molecule has 76 valence electrons. The van der Waals surface area contributed by atoms with Gasteiger partial charge < -0.3 is 9.84 Å². The number of hydrogen-bond acceptors (Lipinski definition) is 3. The van der Waals surface area contributed by atoms with Crippen LogP contribution in [0.2, 0.25) is 0 Å². The van der Waals surface area contributed by atoms with E-state index in [0.29, 0.717) is 18.1 Å². The molecule has 0 aliphatic heterocycles. The standard InChI is InChI=1S/C10H12O3S/c1-2-3-5-13-7-8-4-6-14-9(8)10(11)12/h2-4,6H,5,7H2,1H3,(H,11,12). The SMILES string of the molecule is CC=CCOCc1ccsc1C(=O)O. The van der Waals surface area contributed by atoms with Crippen LogP contribution in [-0.2, 0) is 11.3 Å². The Morgan fingerprint density at radius 1 is 1.71 bits per heavy atom. The van der Waals surface area contributed by atoms with Crippen molar-refractivity contribution in [2.75, 3.05) is 6.61 Å². The minimum absolute atomic E-state index is 0.357. The van der Waals surface area contributed by atoms with Crippen molar-refractivity contribution < 1.29 is 14.6 Å². The quantitative estimate of drug-likeness (QED) is 0.602. The first-order valence-electron chi connectivity index (χ1n) is 4.24. The van der Waals surface area contributed by atoms with E-state index in [-0.39, 0.29) is 0 Å². The first-order chi connectivity index (χ1) is 6.75. The van der Waals surface area contributed by atoms with E-state index in [1.165, 1.54) is 11.3 Å². The molecule has 0 saturated carbocycles. The van der Waals surface area contributed by atoms with Gasteiger partial charge in [0.25, 0.3) is 0 Å². The fourth-order valence-corrected chi connectivity index (χ4v) is 1.72. The third-order valence-electron chi connectivity index (χ3n) is 1.65. The van der Waals surface area contributed by atoms with E-state index >= 15 is 0 Å². The maximum absolute atomic E-state index is 10.7. The fraction of sp³-hybridized carbons (Fsp3) is 0.300. The third kappa shape index (κ3) is 2.97. The lowest BCUT2D eigenvalue weighted by atomic mass is 10.3. The van der Waals surface area contributed by atoms with Gasteiger partial charge in [0.2, 0.25) is 0 Å². The number of carboxylic acids is 1. The van der Waals surface area contributed by atoms with Gasteiger partial charge in [-0.2, -0.15) is 0 Å². The van der Waals surface area contributed by atoms with Gasteiger partial charge in [-0.3, -0.25) is 0 Å². The Bertz CT molecular complexity index is 328. The van der Waals surface area contributed by atoms with Gasteiger partial charge in [0.15, 0.2) is 0 Å². The maximum Gasteiger partial charge on any atom is 0.346 e. The van der Waals surface area contributed by atoms with Crippen LogP contribution in [0, 0.1) is 0 Å². The van der Waals surface area contributed by atoms with Crippen LogP contribution in [0.1, 0.15) is 22.2 Å². The van der Waals surface area contributed by atoms with Gasteiger partial charge >= 0.3 is 5.97 Å². The van der Waals surface area contributed by atoms with Gasteiger partial charge in [-0.25, -0.2) is 4.79 Å². The lowest BCUT2D eigenvalue weighted by Gasteiger charge is -2.00. The van der Waals surface area contributed by atoms with E-state index in [4.69, 9.17) is 9.84 Å². The zero-order valence-electron chi connectivity index (χ0n) is 7.90. The molecule has 3 nitrogen and oxygen atoms in total. The van der Waals surface area contributed by atoms with E-state index in [0.717, 1.165) is 5.56 Å². The Balaban J connectivity index is 2.50. The zero-order valence-corrected chi connectivity index (χ0v) is 8.71. The average Bonchev–Trinajstić information content (AvgIpc) is 2.60. The molecule has 0 spiro atoms. The summed E-state index contributed by atoms with van der Waals surface area (Å²) in [6.45, 7) is 2.79. The first-order valence-corrected chi connectivity index (χ1v) is 5.12. The van der Waals surface area contributed by atoms with Crippen molar-refractivity contribution in [1.29, 1.82) is 0 Å². The topological polar surface area (TPSA) is 46.5 Å². The van der Waals surface area contributed by atoms with Gasteiger partial charge in [0.1, 0.15) is 4.88 Å². The fourth-order valence-electron chi connectivity index (χ4n) is 0.970. The average molecular weight is 212 g/mol. The highest BCUT2D eigenvalue weighted by Gasteiger charge is 2.10. The highest BCUT2D eigenvalue weighted by molar-refractivity contribution is 7.12. The van der Waals surface area contributed by atoms with E-state index in [2.05, 4.69) is 0 Å². The maximum atomic E-state index is 10.7. The molecule has 1 aromatic rings. The predicted molar refractivity (Wildman–Crippen MR) is 55.7 cm³/mol. The third-order valence-corrected chi connectivity index (χ3v) is 2.59. The largest absolute Gasteiger partial charge is 0.477 e. The Kier molecular flexibility index (Phi) is 4.35. The number of ether oxygens (including phenoxy) is 1. The number of rotatable bonds is 5. The van der Waals surface area contributed by atoms with Crippen LogP contribution in [0.15, 0.2) is 23.6 Å². The summed E-state index contributed by atoms with van der Waals surface area (Å²) < 4.78 is 5.27. The molecule has 4 heteroatoms. The van der Waals surface area contributed by atoms with E-state index in [1.54, 1.807) is 11.4 Å². The van der Waals surface area contributed by atoms with Crippen molar-refractivity contribution in [3.63, 3.8) is 0 Å². The summed E-state index contributed by atoms with van der Waals surface area (Å²) in [4.78, 5) is 11.1. The Hall–Kier alpha value is -1.13. The van der Waals surface area contributed by atoms with Crippen LogP contribution in [0.5, 0.6) is 0 Å². The summed E-state index contributed by atoms with van der Waals surface area (Å²) in [7, 11) is 0.